The predicted molar refractivity (Wildman–Crippen MR) is 92.5 cm³/mol. The van der Waals surface area contributed by atoms with Crippen molar-refractivity contribution >= 4 is 5.91 Å². The maximum Gasteiger partial charge on any atom is 0.251 e. The van der Waals surface area contributed by atoms with Gasteiger partial charge in [-0.15, -0.1) is 0 Å². The minimum atomic E-state index is 0.0570. The molecule has 1 amide bonds. The van der Waals surface area contributed by atoms with E-state index >= 15 is 0 Å². The summed E-state index contributed by atoms with van der Waals surface area (Å²) >= 11 is 0. The van der Waals surface area contributed by atoms with Crippen LogP contribution in [0.1, 0.15) is 34.3 Å². The number of amides is 1. The van der Waals surface area contributed by atoms with Gasteiger partial charge in [-0.25, -0.2) is 0 Å². The Morgan fingerprint density at radius 2 is 1.70 bits per heavy atom. The van der Waals surface area contributed by atoms with E-state index < -0.39 is 0 Å². The molecule has 0 aromatic heterocycles. The predicted octanol–water partition coefficient (Wildman–Crippen LogP) is 1.97. The van der Waals surface area contributed by atoms with Crippen molar-refractivity contribution in [3.05, 3.63) is 71.3 Å². The average Bonchev–Trinajstić information content (AvgIpc) is 2.58. The monoisotopic (exact) mass is 309 g/mol. The molecular weight excluding hydrogens is 284 g/mol. The summed E-state index contributed by atoms with van der Waals surface area (Å²) in [6, 6.07) is 18.7. The van der Waals surface area contributed by atoms with E-state index in [1.54, 1.807) is 4.90 Å². The molecule has 0 bridgehead atoms. The molecule has 0 aliphatic carbocycles. The van der Waals surface area contributed by atoms with Crippen LogP contribution in [0.5, 0.6) is 0 Å². The van der Waals surface area contributed by atoms with Gasteiger partial charge in [0.05, 0.1) is 13.1 Å². The fourth-order valence-electron chi connectivity index (χ4n) is 3.21. The molecule has 0 spiro atoms. The first-order chi connectivity index (χ1) is 11.2. The van der Waals surface area contributed by atoms with Crippen molar-refractivity contribution in [2.75, 3.05) is 13.1 Å². The maximum atomic E-state index is 12.3. The smallest absolute Gasteiger partial charge is 0.251 e. The third-order valence-electron chi connectivity index (χ3n) is 4.64. The van der Waals surface area contributed by atoms with E-state index in [4.69, 9.17) is 0 Å². The molecule has 2 aromatic rings. The van der Waals surface area contributed by atoms with E-state index in [2.05, 4.69) is 35.6 Å². The van der Waals surface area contributed by atoms with E-state index in [0.29, 0.717) is 6.04 Å². The molecule has 0 radical (unpaired) electrons. The normalized spacial score (nSPS) is 20.9. The molecule has 0 saturated carbocycles. The number of piperidine rings is 1. The summed E-state index contributed by atoms with van der Waals surface area (Å²) in [6.07, 6.45) is 2.11. The molecule has 1 aliphatic rings. The average molecular weight is 309 g/mol. The highest BCUT2D eigenvalue weighted by Gasteiger charge is 2.23. The first-order valence-corrected chi connectivity index (χ1v) is 8.46. The first kappa shape index (κ1) is 15.8. The number of aryl methyl sites for hydroxylation is 1. The zero-order valence-electron chi connectivity index (χ0n) is 13.7. The van der Waals surface area contributed by atoms with Gasteiger partial charge in [0.1, 0.15) is 6.54 Å². The third-order valence-corrected chi connectivity index (χ3v) is 4.64. The lowest BCUT2D eigenvalue weighted by Crippen LogP contribution is -3.12. The molecule has 2 aromatic carbocycles. The van der Waals surface area contributed by atoms with Crippen molar-refractivity contribution < 1.29 is 9.69 Å². The molecule has 1 aliphatic heterocycles. The summed E-state index contributed by atoms with van der Waals surface area (Å²) in [6.45, 7) is 5.36. The van der Waals surface area contributed by atoms with Crippen LogP contribution in [0.3, 0.4) is 0 Å². The number of benzene rings is 2. The second kappa shape index (κ2) is 7.42. The van der Waals surface area contributed by atoms with Crippen molar-refractivity contribution in [3.8, 4) is 0 Å². The molecule has 1 saturated heterocycles. The van der Waals surface area contributed by atoms with Crippen molar-refractivity contribution in [2.45, 2.75) is 32.4 Å². The largest absolute Gasteiger partial charge is 0.349 e. The first-order valence-electron chi connectivity index (χ1n) is 8.46. The Hall–Kier alpha value is -2.13. The highest BCUT2D eigenvalue weighted by Crippen LogP contribution is 2.06. The van der Waals surface area contributed by atoms with Gasteiger partial charge in [-0.1, -0.05) is 48.0 Å². The Morgan fingerprint density at radius 3 is 2.35 bits per heavy atom. The molecule has 3 heteroatoms. The van der Waals surface area contributed by atoms with Crippen LogP contribution < -0.4 is 10.2 Å². The lowest BCUT2D eigenvalue weighted by Gasteiger charge is -2.29. The molecular formula is C20H25N2O+. The number of quaternary nitrogens is 1. The Balaban J connectivity index is 1.47. The molecule has 0 unspecified atom stereocenters. The van der Waals surface area contributed by atoms with Crippen molar-refractivity contribution in [2.24, 2.45) is 0 Å². The summed E-state index contributed by atoms with van der Waals surface area (Å²) < 4.78 is 0. The van der Waals surface area contributed by atoms with Gasteiger partial charge in [0.15, 0.2) is 0 Å². The lowest BCUT2D eigenvalue weighted by molar-refractivity contribution is -0.918. The fraction of sp³-hybridized carbons (Fsp3) is 0.350. The van der Waals surface area contributed by atoms with Crippen molar-refractivity contribution in [1.82, 2.24) is 5.32 Å². The Labute approximate surface area is 138 Å². The van der Waals surface area contributed by atoms with Crippen molar-refractivity contribution in [3.63, 3.8) is 0 Å². The third kappa shape index (κ3) is 4.42. The number of hydrogen-bond donors (Lipinski definition) is 2. The molecule has 120 valence electrons. The van der Waals surface area contributed by atoms with Gasteiger partial charge in [0, 0.05) is 30.0 Å². The van der Waals surface area contributed by atoms with Crippen LogP contribution >= 0.6 is 0 Å². The summed E-state index contributed by atoms with van der Waals surface area (Å²) in [5, 5.41) is 3.19. The summed E-state index contributed by atoms with van der Waals surface area (Å²) in [5.74, 6) is 0.0570. The van der Waals surface area contributed by atoms with Gasteiger partial charge in [-0.2, -0.15) is 0 Å². The molecule has 3 nitrogen and oxygen atoms in total. The number of hydrogen-bond acceptors (Lipinski definition) is 1. The van der Waals surface area contributed by atoms with Crippen molar-refractivity contribution in [1.29, 1.82) is 0 Å². The van der Waals surface area contributed by atoms with Crippen LogP contribution in [0, 0.1) is 6.92 Å². The van der Waals surface area contributed by atoms with Gasteiger partial charge in [0.25, 0.3) is 5.91 Å². The van der Waals surface area contributed by atoms with Gasteiger partial charge in [0.2, 0.25) is 0 Å². The van der Waals surface area contributed by atoms with Gasteiger partial charge < -0.3 is 10.2 Å². The molecule has 23 heavy (non-hydrogen) atoms. The van der Waals surface area contributed by atoms with Gasteiger partial charge >= 0.3 is 0 Å². The summed E-state index contributed by atoms with van der Waals surface area (Å²) in [7, 11) is 0. The maximum absolute atomic E-state index is 12.3. The highest BCUT2D eigenvalue weighted by atomic mass is 16.1. The number of nitrogens with one attached hydrogen (secondary N) is 2. The van der Waals surface area contributed by atoms with Crippen LogP contribution in [0.25, 0.3) is 0 Å². The van der Waals surface area contributed by atoms with E-state index in [0.717, 1.165) is 38.0 Å². The van der Waals surface area contributed by atoms with Crippen LogP contribution in [-0.4, -0.2) is 25.0 Å². The minimum Gasteiger partial charge on any atom is -0.349 e. The Morgan fingerprint density at radius 1 is 1.04 bits per heavy atom. The van der Waals surface area contributed by atoms with Crippen LogP contribution in [0.2, 0.25) is 0 Å². The van der Waals surface area contributed by atoms with E-state index in [-0.39, 0.29) is 5.91 Å². The number of rotatable bonds is 4. The Kier molecular flexibility index (Phi) is 5.09. The van der Waals surface area contributed by atoms with Crippen LogP contribution in [0.4, 0.5) is 0 Å². The van der Waals surface area contributed by atoms with E-state index in [1.807, 2.05) is 31.2 Å². The van der Waals surface area contributed by atoms with Crippen LogP contribution in [0.15, 0.2) is 54.6 Å². The zero-order valence-corrected chi connectivity index (χ0v) is 13.7. The zero-order chi connectivity index (χ0) is 16.1. The number of carbonyl (C=O) groups excluding carboxylic acids is 1. The molecule has 1 heterocycles. The van der Waals surface area contributed by atoms with E-state index in [1.165, 1.54) is 11.1 Å². The summed E-state index contributed by atoms with van der Waals surface area (Å²) in [4.78, 5) is 13.9. The quantitative estimate of drug-likeness (QED) is 0.889. The lowest BCUT2D eigenvalue weighted by atomic mass is 10.0. The minimum absolute atomic E-state index is 0.0570. The molecule has 1 fully saturated rings. The SMILES string of the molecule is Cc1ccc(C(=O)NC2CC[NH+](Cc3ccccc3)CC2)cc1. The number of carbonyl (C=O) groups is 1. The van der Waals surface area contributed by atoms with Crippen LogP contribution in [-0.2, 0) is 6.54 Å². The second-order valence-corrected chi connectivity index (χ2v) is 6.53. The Bertz CT molecular complexity index is 628. The molecule has 2 N–H and O–H groups in total. The molecule has 3 rings (SSSR count). The second-order valence-electron chi connectivity index (χ2n) is 6.53. The fourth-order valence-corrected chi connectivity index (χ4v) is 3.21. The van der Waals surface area contributed by atoms with Gasteiger partial charge in [-0.05, 0) is 19.1 Å². The van der Waals surface area contributed by atoms with E-state index in [9.17, 15) is 4.79 Å². The topological polar surface area (TPSA) is 33.5 Å². The molecule has 0 atom stereocenters. The highest BCUT2D eigenvalue weighted by molar-refractivity contribution is 5.94. The standard InChI is InChI=1S/C20H24N2O/c1-16-7-9-18(10-8-16)20(23)21-19-11-13-22(14-12-19)15-17-5-3-2-4-6-17/h2-10,19H,11-15H2,1H3,(H,21,23)/p+1. The summed E-state index contributed by atoms with van der Waals surface area (Å²) in [5.41, 5.74) is 3.33. The number of likely N-dealkylation sites (tertiary alicyclic amines) is 1. The van der Waals surface area contributed by atoms with Gasteiger partial charge in [-0.3, -0.25) is 4.79 Å².